The van der Waals surface area contributed by atoms with Gasteiger partial charge in [0.25, 0.3) is 0 Å². The van der Waals surface area contributed by atoms with Crippen molar-refractivity contribution in [2.75, 3.05) is 38.1 Å². The lowest BCUT2D eigenvalue weighted by Crippen LogP contribution is -2.44. The van der Waals surface area contributed by atoms with Gasteiger partial charge in [-0.3, -0.25) is 4.57 Å². The van der Waals surface area contributed by atoms with Crippen LogP contribution in [0, 0.1) is 0 Å². The van der Waals surface area contributed by atoms with E-state index in [9.17, 15) is 0 Å². The number of fused-ring (bicyclic) bond motifs is 1. The van der Waals surface area contributed by atoms with Crippen molar-refractivity contribution < 1.29 is 0 Å². The van der Waals surface area contributed by atoms with Crippen LogP contribution in [0.5, 0.6) is 0 Å². The molecule has 5 rings (SSSR count). The number of benzene rings is 2. The lowest BCUT2D eigenvalue weighted by molar-refractivity contribution is 0.312. The summed E-state index contributed by atoms with van der Waals surface area (Å²) in [6, 6.07) is 13.0. The molecule has 158 valence electrons. The van der Waals surface area contributed by atoms with Crippen LogP contribution in [-0.4, -0.2) is 57.6 Å². The lowest BCUT2D eigenvalue weighted by Gasteiger charge is -2.33. The van der Waals surface area contributed by atoms with Gasteiger partial charge in [-0.25, -0.2) is 15.0 Å². The Labute approximate surface area is 195 Å². The van der Waals surface area contributed by atoms with E-state index >= 15 is 0 Å². The van der Waals surface area contributed by atoms with Gasteiger partial charge in [-0.1, -0.05) is 34.8 Å². The van der Waals surface area contributed by atoms with Gasteiger partial charge in [-0.15, -0.1) is 0 Å². The van der Waals surface area contributed by atoms with Crippen molar-refractivity contribution >= 4 is 51.8 Å². The molecule has 2 aromatic heterocycles. The number of aromatic nitrogens is 4. The fraction of sp³-hybridized carbons (Fsp3) is 0.227. The summed E-state index contributed by atoms with van der Waals surface area (Å²) in [5, 5.41) is 1.75. The maximum atomic E-state index is 6.57. The summed E-state index contributed by atoms with van der Waals surface area (Å²) in [5.41, 5.74) is 3.11. The van der Waals surface area contributed by atoms with Gasteiger partial charge in [0.1, 0.15) is 12.2 Å². The van der Waals surface area contributed by atoms with Crippen molar-refractivity contribution in [2.45, 2.75) is 0 Å². The van der Waals surface area contributed by atoms with Crippen LogP contribution in [0.3, 0.4) is 0 Å². The number of hydrogen-bond donors (Lipinski definition) is 0. The van der Waals surface area contributed by atoms with Gasteiger partial charge < -0.3 is 9.80 Å². The highest BCUT2D eigenvalue weighted by Gasteiger charge is 2.24. The van der Waals surface area contributed by atoms with Gasteiger partial charge >= 0.3 is 0 Å². The SMILES string of the molecule is CN1CCN(c2ncnc3c2nc(-c2ccc(Cl)cc2Cl)n3-c2ccc(Cl)cc2)CC1. The third-order valence-electron chi connectivity index (χ3n) is 5.48. The number of halogens is 3. The monoisotopic (exact) mass is 472 g/mol. The molecule has 2 aromatic carbocycles. The molecule has 1 saturated heterocycles. The van der Waals surface area contributed by atoms with Crippen molar-refractivity contribution in [3.8, 4) is 17.1 Å². The second kappa shape index (κ2) is 8.28. The van der Waals surface area contributed by atoms with E-state index in [1.165, 1.54) is 0 Å². The fourth-order valence-corrected chi connectivity index (χ4v) is 4.44. The van der Waals surface area contributed by atoms with E-state index in [0.717, 1.165) is 48.8 Å². The first-order valence-corrected chi connectivity index (χ1v) is 11.0. The number of piperazine rings is 1. The molecule has 0 bridgehead atoms. The number of nitrogens with zero attached hydrogens (tertiary/aromatic N) is 6. The van der Waals surface area contributed by atoms with Crippen LogP contribution in [-0.2, 0) is 0 Å². The molecule has 0 amide bonds. The molecular formula is C22H19Cl3N6. The van der Waals surface area contributed by atoms with Crippen molar-refractivity contribution in [2.24, 2.45) is 0 Å². The summed E-state index contributed by atoms with van der Waals surface area (Å²) in [6.07, 6.45) is 1.59. The molecule has 0 N–H and O–H groups in total. The summed E-state index contributed by atoms with van der Waals surface area (Å²) in [7, 11) is 2.13. The van der Waals surface area contributed by atoms with Crippen LogP contribution in [0.4, 0.5) is 5.82 Å². The summed E-state index contributed by atoms with van der Waals surface area (Å²) < 4.78 is 1.99. The van der Waals surface area contributed by atoms with Crippen LogP contribution in [0.15, 0.2) is 48.8 Å². The van der Waals surface area contributed by atoms with Crippen LogP contribution in [0.1, 0.15) is 0 Å². The number of hydrogen-bond acceptors (Lipinski definition) is 5. The van der Waals surface area contributed by atoms with Crippen LogP contribution in [0.25, 0.3) is 28.2 Å². The Balaban J connectivity index is 1.75. The molecule has 0 aliphatic carbocycles. The minimum absolute atomic E-state index is 0.520. The Morgan fingerprint density at radius 1 is 0.839 bits per heavy atom. The lowest BCUT2D eigenvalue weighted by atomic mass is 10.2. The molecule has 0 saturated carbocycles. The van der Waals surface area contributed by atoms with Gasteiger partial charge in [0.15, 0.2) is 17.0 Å². The summed E-state index contributed by atoms with van der Waals surface area (Å²) in [4.78, 5) is 18.7. The first-order valence-electron chi connectivity index (χ1n) is 9.89. The third-order valence-corrected chi connectivity index (χ3v) is 6.28. The Hall–Kier alpha value is -2.38. The average molecular weight is 474 g/mol. The average Bonchev–Trinajstić information content (AvgIpc) is 3.14. The highest BCUT2D eigenvalue weighted by molar-refractivity contribution is 6.36. The molecule has 1 aliphatic heterocycles. The second-order valence-electron chi connectivity index (χ2n) is 7.53. The van der Waals surface area contributed by atoms with Gasteiger partial charge in [0.05, 0.1) is 5.02 Å². The molecule has 0 unspecified atom stereocenters. The van der Waals surface area contributed by atoms with E-state index < -0.39 is 0 Å². The first kappa shape index (κ1) is 20.5. The standard InChI is InChI=1S/C22H19Cl3N6/c1-29-8-10-30(11-9-29)21-19-22(27-13-26-21)31(16-5-2-14(23)3-6-16)20(28-19)17-7-4-15(24)12-18(17)25/h2-7,12-13H,8-11H2,1H3. The predicted molar refractivity (Wildman–Crippen MR) is 127 cm³/mol. The summed E-state index contributed by atoms with van der Waals surface area (Å²) in [6.45, 7) is 3.71. The van der Waals surface area contributed by atoms with Crippen LogP contribution in [0.2, 0.25) is 15.1 Å². The third kappa shape index (κ3) is 3.85. The molecule has 0 spiro atoms. The van der Waals surface area contributed by atoms with Crippen molar-refractivity contribution in [3.63, 3.8) is 0 Å². The maximum Gasteiger partial charge on any atom is 0.170 e. The minimum Gasteiger partial charge on any atom is -0.352 e. The highest BCUT2D eigenvalue weighted by atomic mass is 35.5. The first-order chi connectivity index (χ1) is 15.0. The Morgan fingerprint density at radius 2 is 1.55 bits per heavy atom. The van der Waals surface area contributed by atoms with E-state index in [4.69, 9.17) is 39.8 Å². The molecule has 0 radical (unpaired) electrons. The van der Waals surface area contributed by atoms with E-state index in [-0.39, 0.29) is 0 Å². The van der Waals surface area contributed by atoms with E-state index in [2.05, 4.69) is 26.8 Å². The fourth-order valence-electron chi connectivity index (χ4n) is 3.82. The van der Waals surface area contributed by atoms with Gasteiger partial charge in [0, 0.05) is 47.5 Å². The van der Waals surface area contributed by atoms with Gasteiger partial charge in [-0.05, 0) is 49.5 Å². The smallest absolute Gasteiger partial charge is 0.170 e. The Kier molecular flexibility index (Phi) is 5.48. The van der Waals surface area contributed by atoms with Crippen LogP contribution < -0.4 is 4.90 Å². The zero-order chi connectivity index (χ0) is 21.5. The molecule has 31 heavy (non-hydrogen) atoms. The Morgan fingerprint density at radius 3 is 2.26 bits per heavy atom. The second-order valence-corrected chi connectivity index (χ2v) is 8.81. The topological polar surface area (TPSA) is 50.1 Å². The van der Waals surface area contributed by atoms with Gasteiger partial charge in [0.2, 0.25) is 0 Å². The zero-order valence-electron chi connectivity index (χ0n) is 16.8. The molecule has 1 fully saturated rings. The van der Waals surface area contributed by atoms with E-state index in [1.807, 2.05) is 34.9 Å². The summed E-state index contributed by atoms with van der Waals surface area (Å²) in [5.74, 6) is 1.51. The quantitative estimate of drug-likeness (QED) is 0.410. The van der Waals surface area contributed by atoms with Crippen molar-refractivity contribution in [1.82, 2.24) is 24.4 Å². The minimum atomic E-state index is 0.520. The normalized spacial score (nSPS) is 15.0. The molecule has 0 atom stereocenters. The predicted octanol–water partition coefficient (Wildman–Crippen LogP) is 5.19. The molecule has 3 heterocycles. The number of anilines is 1. The molecule has 1 aliphatic rings. The number of rotatable bonds is 3. The highest BCUT2D eigenvalue weighted by Crippen LogP contribution is 2.36. The maximum absolute atomic E-state index is 6.57. The van der Waals surface area contributed by atoms with E-state index in [0.29, 0.717) is 26.5 Å². The van der Waals surface area contributed by atoms with Gasteiger partial charge in [-0.2, -0.15) is 0 Å². The largest absolute Gasteiger partial charge is 0.352 e. The van der Waals surface area contributed by atoms with E-state index in [1.54, 1.807) is 18.5 Å². The Bertz CT molecular complexity index is 1250. The van der Waals surface area contributed by atoms with Crippen molar-refractivity contribution in [3.05, 3.63) is 63.9 Å². The van der Waals surface area contributed by atoms with Crippen molar-refractivity contribution in [1.29, 1.82) is 0 Å². The summed E-state index contributed by atoms with van der Waals surface area (Å²) >= 11 is 18.8. The van der Waals surface area contributed by atoms with Crippen LogP contribution >= 0.6 is 34.8 Å². The zero-order valence-corrected chi connectivity index (χ0v) is 19.0. The number of imidazole rings is 1. The molecule has 4 aromatic rings. The molecule has 6 nitrogen and oxygen atoms in total. The molecule has 9 heteroatoms. The number of likely N-dealkylation sites (N-methyl/N-ethyl adjacent to an activating group) is 1. The molecular weight excluding hydrogens is 455 g/mol.